The average molecular weight is 221 g/mol. The van der Waals surface area contributed by atoms with Crippen molar-refractivity contribution >= 4 is 0 Å². The lowest BCUT2D eigenvalue weighted by atomic mass is 9.92. The van der Waals surface area contributed by atoms with Gasteiger partial charge in [-0.05, 0) is 32.2 Å². The molecule has 2 aliphatic rings. The average Bonchev–Trinajstić information content (AvgIpc) is 3.07. The Bertz CT molecular complexity index is 359. The second kappa shape index (κ2) is 4.18. The first kappa shape index (κ1) is 10.3. The first-order valence-electron chi connectivity index (χ1n) is 6.23. The van der Waals surface area contributed by atoms with Gasteiger partial charge >= 0.3 is 0 Å². The van der Waals surface area contributed by atoms with Crippen molar-refractivity contribution in [2.45, 2.75) is 37.8 Å². The monoisotopic (exact) mass is 221 g/mol. The summed E-state index contributed by atoms with van der Waals surface area (Å²) >= 11 is 0. The molecule has 1 aliphatic heterocycles. The third-order valence-electron chi connectivity index (χ3n) is 3.68. The number of ether oxygens (including phenoxy) is 1. The van der Waals surface area contributed by atoms with Gasteiger partial charge in [0.1, 0.15) is 6.10 Å². The molecular formula is C12H19N3O. The number of rotatable bonds is 3. The van der Waals surface area contributed by atoms with Gasteiger partial charge in [-0.3, -0.25) is 0 Å². The number of hydrogen-bond donors (Lipinski definition) is 1. The molecule has 0 bridgehead atoms. The minimum Gasteiger partial charge on any atom is -0.372 e. The molecule has 2 atom stereocenters. The predicted molar refractivity (Wildman–Crippen MR) is 61.0 cm³/mol. The zero-order valence-electron chi connectivity index (χ0n) is 9.51. The third kappa shape index (κ3) is 1.76. The van der Waals surface area contributed by atoms with Crippen LogP contribution in [0.4, 0.5) is 0 Å². The van der Waals surface area contributed by atoms with Crippen molar-refractivity contribution in [2.24, 2.45) is 11.7 Å². The molecule has 88 valence electrons. The molecule has 2 fully saturated rings. The van der Waals surface area contributed by atoms with Gasteiger partial charge in [-0.2, -0.15) is 0 Å². The molecule has 1 aromatic rings. The molecule has 3 rings (SSSR count). The molecule has 2 heterocycles. The summed E-state index contributed by atoms with van der Waals surface area (Å²) in [6.07, 6.45) is 8.94. The summed E-state index contributed by atoms with van der Waals surface area (Å²) in [7, 11) is 0. The summed E-state index contributed by atoms with van der Waals surface area (Å²) in [6, 6.07) is 0.668. The lowest BCUT2D eigenvalue weighted by Crippen LogP contribution is -2.29. The van der Waals surface area contributed by atoms with Gasteiger partial charge in [0, 0.05) is 18.6 Å². The van der Waals surface area contributed by atoms with Crippen molar-refractivity contribution in [3.05, 3.63) is 18.2 Å². The van der Waals surface area contributed by atoms with E-state index in [9.17, 15) is 0 Å². The Hall–Kier alpha value is -0.870. The van der Waals surface area contributed by atoms with Crippen molar-refractivity contribution in [1.29, 1.82) is 0 Å². The zero-order valence-corrected chi connectivity index (χ0v) is 9.51. The van der Waals surface area contributed by atoms with Crippen molar-refractivity contribution in [2.75, 3.05) is 13.2 Å². The van der Waals surface area contributed by atoms with Gasteiger partial charge in [0.25, 0.3) is 0 Å². The number of imidazole rings is 1. The maximum Gasteiger partial charge on any atom is 0.103 e. The van der Waals surface area contributed by atoms with Gasteiger partial charge in [0.2, 0.25) is 0 Å². The Balaban J connectivity index is 1.85. The normalized spacial score (nSPS) is 30.6. The number of aromatic nitrogens is 2. The quantitative estimate of drug-likeness (QED) is 0.844. The summed E-state index contributed by atoms with van der Waals surface area (Å²) in [5.74, 6) is 0.461. The Labute approximate surface area is 95.8 Å². The van der Waals surface area contributed by atoms with Crippen molar-refractivity contribution in [1.82, 2.24) is 9.55 Å². The van der Waals surface area contributed by atoms with Crippen LogP contribution >= 0.6 is 0 Å². The van der Waals surface area contributed by atoms with E-state index in [2.05, 4.69) is 9.55 Å². The lowest BCUT2D eigenvalue weighted by Gasteiger charge is -2.31. The summed E-state index contributed by atoms with van der Waals surface area (Å²) in [4.78, 5) is 4.27. The minimum absolute atomic E-state index is 0.168. The Morgan fingerprint density at radius 3 is 3.06 bits per heavy atom. The largest absolute Gasteiger partial charge is 0.372 e. The maximum absolute atomic E-state index is 5.90. The third-order valence-corrected chi connectivity index (χ3v) is 3.68. The van der Waals surface area contributed by atoms with Crippen LogP contribution in [0.3, 0.4) is 0 Å². The second-order valence-electron chi connectivity index (χ2n) is 4.89. The van der Waals surface area contributed by atoms with Crippen LogP contribution in [0.15, 0.2) is 12.5 Å². The first-order valence-corrected chi connectivity index (χ1v) is 6.23. The SMILES string of the molecule is NCC1CCCOC1c1cncn1C1CC1. The van der Waals surface area contributed by atoms with Gasteiger partial charge in [-0.1, -0.05) is 0 Å². The van der Waals surface area contributed by atoms with Gasteiger partial charge in [-0.25, -0.2) is 4.98 Å². The van der Waals surface area contributed by atoms with E-state index in [4.69, 9.17) is 10.5 Å². The van der Waals surface area contributed by atoms with Crippen LogP contribution in [0, 0.1) is 5.92 Å². The van der Waals surface area contributed by atoms with Gasteiger partial charge in [0.05, 0.1) is 18.2 Å². The summed E-state index contributed by atoms with van der Waals surface area (Å²) in [6.45, 7) is 1.57. The topological polar surface area (TPSA) is 53.1 Å². The Kier molecular flexibility index (Phi) is 2.69. The van der Waals surface area contributed by atoms with Crippen LogP contribution in [0.5, 0.6) is 0 Å². The van der Waals surface area contributed by atoms with Crippen LogP contribution in [0.1, 0.15) is 43.5 Å². The molecule has 0 amide bonds. The second-order valence-corrected chi connectivity index (χ2v) is 4.89. The Morgan fingerprint density at radius 2 is 2.31 bits per heavy atom. The van der Waals surface area contributed by atoms with E-state index < -0.39 is 0 Å². The van der Waals surface area contributed by atoms with Crippen LogP contribution < -0.4 is 5.73 Å². The van der Waals surface area contributed by atoms with Crippen molar-refractivity contribution in [3.63, 3.8) is 0 Å². The number of nitrogens with zero attached hydrogens (tertiary/aromatic N) is 2. The van der Waals surface area contributed by atoms with Crippen molar-refractivity contribution in [3.8, 4) is 0 Å². The first-order chi connectivity index (χ1) is 7.90. The predicted octanol–water partition coefficient (Wildman–Crippen LogP) is 1.64. The fourth-order valence-electron chi connectivity index (χ4n) is 2.60. The van der Waals surface area contributed by atoms with Gasteiger partial charge in [-0.15, -0.1) is 0 Å². The van der Waals surface area contributed by atoms with Crippen LogP contribution in [0.25, 0.3) is 0 Å². The molecule has 16 heavy (non-hydrogen) atoms. The molecular weight excluding hydrogens is 202 g/mol. The molecule has 0 spiro atoms. The highest BCUT2D eigenvalue weighted by Gasteiger charge is 2.33. The molecule has 1 aromatic heterocycles. The fourth-order valence-corrected chi connectivity index (χ4v) is 2.60. The fraction of sp³-hybridized carbons (Fsp3) is 0.750. The molecule has 1 aliphatic carbocycles. The van der Waals surface area contributed by atoms with E-state index in [0.29, 0.717) is 18.5 Å². The lowest BCUT2D eigenvalue weighted by molar-refractivity contribution is -0.0296. The summed E-state index contributed by atoms with van der Waals surface area (Å²) < 4.78 is 8.19. The molecule has 2 unspecified atom stereocenters. The maximum atomic E-state index is 5.90. The van der Waals surface area contributed by atoms with E-state index in [1.54, 1.807) is 0 Å². The van der Waals surface area contributed by atoms with Crippen molar-refractivity contribution < 1.29 is 4.74 Å². The molecule has 1 saturated heterocycles. The highest BCUT2D eigenvalue weighted by molar-refractivity contribution is 5.09. The number of nitrogens with two attached hydrogens (primary N) is 1. The smallest absolute Gasteiger partial charge is 0.103 e. The van der Waals surface area contributed by atoms with E-state index >= 15 is 0 Å². The standard InChI is InChI=1S/C12H19N3O/c13-6-9-2-1-5-16-12(9)11-7-14-8-15(11)10-3-4-10/h7-10,12H,1-6,13H2. The van der Waals surface area contributed by atoms with Crippen LogP contribution in [0.2, 0.25) is 0 Å². The summed E-state index contributed by atoms with van der Waals surface area (Å²) in [5.41, 5.74) is 7.07. The Morgan fingerprint density at radius 1 is 1.44 bits per heavy atom. The molecule has 0 aromatic carbocycles. The van der Waals surface area contributed by atoms with Gasteiger partial charge < -0.3 is 15.0 Å². The highest BCUT2D eigenvalue weighted by Crippen LogP contribution is 2.40. The molecule has 1 saturated carbocycles. The van der Waals surface area contributed by atoms with E-state index in [1.165, 1.54) is 25.0 Å². The highest BCUT2D eigenvalue weighted by atomic mass is 16.5. The van der Waals surface area contributed by atoms with E-state index in [-0.39, 0.29) is 6.10 Å². The van der Waals surface area contributed by atoms with E-state index in [1.807, 2.05) is 12.5 Å². The number of hydrogen-bond acceptors (Lipinski definition) is 3. The van der Waals surface area contributed by atoms with Crippen LogP contribution in [-0.4, -0.2) is 22.7 Å². The molecule has 2 N–H and O–H groups in total. The minimum atomic E-state index is 0.168. The molecule has 4 nitrogen and oxygen atoms in total. The van der Waals surface area contributed by atoms with E-state index in [0.717, 1.165) is 13.0 Å². The zero-order chi connectivity index (χ0) is 11.0. The van der Waals surface area contributed by atoms with Crippen LogP contribution in [-0.2, 0) is 4.74 Å². The summed E-state index contributed by atoms with van der Waals surface area (Å²) in [5, 5.41) is 0. The van der Waals surface area contributed by atoms with Gasteiger partial charge in [0.15, 0.2) is 0 Å². The molecule has 4 heteroatoms. The molecule has 0 radical (unpaired) electrons.